The van der Waals surface area contributed by atoms with Crippen molar-refractivity contribution in [2.75, 3.05) is 24.7 Å². The van der Waals surface area contributed by atoms with Gasteiger partial charge in [0.05, 0.1) is 6.10 Å². The number of hydrogen-bond donors (Lipinski definition) is 0. The Bertz CT molecular complexity index is 482. The molecule has 3 nitrogen and oxygen atoms in total. The van der Waals surface area contributed by atoms with E-state index < -0.39 is 0 Å². The second kappa shape index (κ2) is 6.79. The minimum atomic E-state index is -0.311. The van der Waals surface area contributed by atoms with E-state index in [4.69, 9.17) is 4.74 Å². The average Bonchev–Trinajstić information content (AvgIpc) is 3.18. The molecule has 0 radical (unpaired) electrons. The maximum absolute atomic E-state index is 13.0. The van der Waals surface area contributed by atoms with Gasteiger partial charge in [0.1, 0.15) is 5.82 Å². The molecule has 2 fully saturated rings. The van der Waals surface area contributed by atoms with Gasteiger partial charge < -0.3 is 9.64 Å². The first-order chi connectivity index (χ1) is 10.2. The van der Waals surface area contributed by atoms with Crippen molar-refractivity contribution in [2.24, 2.45) is 0 Å². The highest BCUT2D eigenvalue weighted by atomic mass is 32.2. The van der Waals surface area contributed by atoms with Gasteiger partial charge in [-0.25, -0.2) is 4.39 Å². The molecule has 5 heteroatoms. The fourth-order valence-electron chi connectivity index (χ4n) is 2.93. The molecule has 21 heavy (non-hydrogen) atoms. The highest BCUT2D eigenvalue weighted by Gasteiger charge is 2.31. The van der Waals surface area contributed by atoms with Crippen LogP contribution in [0.1, 0.15) is 29.6 Å². The molecule has 0 N–H and O–H groups in total. The Morgan fingerprint density at radius 1 is 1.33 bits per heavy atom. The van der Waals surface area contributed by atoms with Crippen molar-refractivity contribution in [3.05, 3.63) is 35.6 Å². The molecule has 0 bridgehead atoms. The predicted molar refractivity (Wildman–Crippen MR) is 82.1 cm³/mol. The van der Waals surface area contributed by atoms with Gasteiger partial charge in [0.15, 0.2) is 0 Å². The van der Waals surface area contributed by atoms with E-state index in [-0.39, 0.29) is 23.9 Å². The van der Waals surface area contributed by atoms with Crippen LogP contribution in [0.15, 0.2) is 24.3 Å². The lowest BCUT2D eigenvalue weighted by atomic mass is 10.1. The van der Waals surface area contributed by atoms with E-state index in [9.17, 15) is 9.18 Å². The van der Waals surface area contributed by atoms with Gasteiger partial charge in [0, 0.05) is 30.5 Å². The lowest BCUT2D eigenvalue weighted by Crippen LogP contribution is -2.44. The third kappa shape index (κ3) is 3.58. The molecule has 2 saturated heterocycles. The number of rotatable bonds is 4. The van der Waals surface area contributed by atoms with Gasteiger partial charge in [0.25, 0.3) is 5.91 Å². The van der Waals surface area contributed by atoms with Crippen molar-refractivity contribution in [2.45, 2.75) is 31.4 Å². The van der Waals surface area contributed by atoms with Crippen LogP contribution in [0.25, 0.3) is 0 Å². The molecule has 0 saturated carbocycles. The zero-order valence-corrected chi connectivity index (χ0v) is 12.8. The van der Waals surface area contributed by atoms with Crippen LogP contribution < -0.4 is 0 Å². The molecule has 2 heterocycles. The highest BCUT2D eigenvalue weighted by Crippen LogP contribution is 2.26. The molecule has 0 aliphatic carbocycles. The smallest absolute Gasteiger partial charge is 0.254 e. The van der Waals surface area contributed by atoms with Crippen LogP contribution in [-0.2, 0) is 4.74 Å². The lowest BCUT2D eigenvalue weighted by molar-refractivity contribution is 0.0441. The molecule has 1 aromatic rings. The molecule has 0 aromatic heterocycles. The Labute approximate surface area is 128 Å². The fraction of sp³-hybridized carbons (Fsp3) is 0.562. The van der Waals surface area contributed by atoms with E-state index in [0.29, 0.717) is 12.1 Å². The molecule has 1 amide bonds. The first-order valence-corrected chi connectivity index (χ1v) is 8.65. The average molecular weight is 309 g/mol. The Morgan fingerprint density at radius 2 is 2.14 bits per heavy atom. The molecule has 2 aliphatic heterocycles. The molecule has 2 aliphatic rings. The quantitative estimate of drug-likeness (QED) is 0.856. The summed E-state index contributed by atoms with van der Waals surface area (Å²) < 4.78 is 18.7. The summed E-state index contributed by atoms with van der Waals surface area (Å²) in [5, 5.41) is 0. The molecule has 0 spiro atoms. The van der Waals surface area contributed by atoms with Gasteiger partial charge in [0.2, 0.25) is 0 Å². The van der Waals surface area contributed by atoms with Gasteiger partial charge >= 0.3 is 0 Å². The standard InChI is InChI=1S/C16H20FNO2S/c17-13-5-3-12(4-6-13)16(19)18(14-7-9-21-11-14)10-15-2-1-8-20-15/h3-6,14-15H,1-2,7-11H2. The van der Waals surface area contributed by atoms with Crippen LogP contribution in [0, 0.1) is 5.82 Å². The zero-order valence-electron chi connectivity index (χ0n) is 12.0. The van der Waals surface area contributed by atoms with E-state index >= 15 is 0 Å². The number of hydrogen-bond acceptors (Lipinski definition) is 3. The summed E-state index contributed by atoms with van der Waals surface area (Å²) in [6.07, 6.45) is 3.28. The van der Waals surface area contributed by atoms with Crippen LogP contribution in [0.5, 0.6) is 0 Å². The summed E-state index contributed by atoms with van der Waals surface area (Å²) in [5.74, 6) is 1.77. The molecule has 3 rings (SSSR count). The maximum Gasteiger partial charge on any atom is 0.254 e. The van der Waals surface area contributed by atoms with Gasteiger partial charge in [-0.05, 0) is 49.3 Å². The third-order valence-corrected chi connectivity index (χ3v) is 5.27. The number of ether oxygens (including phenoxy) is 1. The van der Waals surface area contributed by atoms with E-state index in [1.165, 1.54) is 12.1 Å². The van der Waals surface area contributed by atoms with Crippen LogP contribution in [0.3, 0.4) is 0 Å². The van der Waals surface area contributed by atoms with E-state index in [1.807, 2.05) is 16.7 Å². The summed E-state index contributed by atoms with van der Waals surface area (Å²) in [6.45, 7) is 1.45. The van der Waals surface area contributed by atoms with Crippen LogP contribution >= 0.6 is 11.8 Å². The lowest BCUT2D eigenvalue weighted by Gasteiger charge is -2.30. The molecule has 2 atom stereocenters. The second-order valence-corrected chi connectivity index (χ2v) is 6.77. The van der Waals surface area contributed by atoms with E-state index in [0.717, 1.165) is 37.4 Å². The van der Waals surface area contributed by atoms with Crippen molar-refractivity contribution in [3.63, 3.8) is 0 Å². The number of nitrogens with zero attached hydrogens (tertiary/aromatic N) is 1. The van der Waals surface area contributed by atoms with Crippen LogP contribution in [0.2, 0.25) is 0 Å². The Balaban J connectivity index is 1.76. The Kier molecular flexibility index (Phi) is 4.80. The first kappa shape index (κ1) is 14.9. The van der Waals surface area contributed by atoms with Gasteiger partial charge in [-0.15, -0.1) is 0 Å². The summed E-state index contributed by atoms with van der Waals surface area (Å²) in [6, 6.07) is 6.11. The third-order valence-electron chi connectivity index (χ3n) is 4.12. The van der Waals surface area contributed by atoms with Crippen molar-refractivity contribution >= 4 is 17.7 Å². The normalized spacial score (nSPS) is 25.2. The van der Waals surface area contributed by atoms with Crippen LogP contribution in [0.4, 0.5) is 4.39 Å². The summed E-state index contributed by atoms with van der Waals surface area (Å²) in [4.78, 5) is 14.7. The summed E-state index contributed by atoms with van der Waals surface area (Å²) in [7, 11) is 0. The van der Waals surface area contributed by atoms with Crippen molar-refractivity contribution in [1.82, 2.24) is 4.90 Å². The Hall–Kier alpha value is -1.07. The number of thioether (sulfide) groups is 1. The van der Waals surface area contributed by atoms with Crippen molar-refractivity contribution < 1.29 is 13.9 Å². The largest absolute Gasteiger partial charge is 0.376 e. The fourth-order valence-corrected chi connectivity index (χ4v) is 4.16. The maximum atomic E-state index is 13.0. The summed E-state index contributed by atoms with van der Waals surface area (Å²) >= 11 is 1.89. The number of amides is 1. The van der Waals surface area contributed by atoms with Gasteiger partial charge in [-0.2, -0.15) is 11.8 Å². The minimum absolute atomic E-state index is 0.00185. The molecule has 1 aromatic carbocycles. The topological polar surface area (TPSA) is 29.5 Å². The van der Waals surface area contributed by atoms with Gasteiger partial charge in [-0.3, -0.25) is 4.79 Å². The molecular formula is C16H20FNO2S. The molecule has 2 unspecified atom stereocenters. The molecule has 114 valence electrons. The number of carbonyl (C=O) groups excluding carboxylic acids is 1. The predicted octanol–water partition coefficient (Wildman–Crippen LogP) is 2.95. The van der Waals surface area contributed by atoms with Crippen molar-refractivity contribution in [1.29, 1.82) is 0 Å². The SMILES string of the molecule is O=C(c1ccc(F)cc1)N(CC1CCCO1)C1CCSC1. The number of carbonyl (C=O) groups is 1. The number of halogens is 1. The minimum Gasteiger partial charge on any atom is -0.376 e. The summed E-state index contributed by atoms with van der Waals surface area (Å²) in [5.41, 5.74) is 0.561. The Morgan fingerprint density at radius 3 is 2.76 bits per heavy atom. The zero-order chi connectivity index (χ0) is 14.7. The van der Waals surface area contributed by atoms with Crippen molar-refractivity contribution in [3.8, 4) is 0 Å². The van der Waals surface area contributed by atoms with Crippen LogP contribution in [-0.4, -0.2) is 47.6 Å². The highest BCUT2D eigenvalue weighted by molar-refractivity contribution is 7.99. The monoisotopic (exact) mass is 309 g/mol. The molecular weight excluding hydrogens is 289 g/mol. The second-order valence-electron chi connectivity index (χ2n) is 5.62. The first-order valence-electron chi connectivity index (χ1n) is 7.50. The van der Waals surface area contributed by atoms with Gasteiger partial charge in [-0.1, -0.05) is 0 Å². The van der Waals surface area contributed by atoms with E-state index in [1.54, 1.807) is 12.1 Å². The number of benzene rings is 1. The van der Waals surface area contributed by atoms with E-state index in [2.05, 4.69) is 0 Å².